The summed E-state index contributed by atoms with van der Waals surface area (Å²) in [5, 5.41) is 9.59. The Morgan fingerprint density at radius 2 is 1.95 bits per heavy atom. The second-order valence-corrected chi connectivity index (χ2v) is 7.19. The van der Waals surface area contributed by atoms with Crippen LogP contribution in [0, 0.1) is 11.3 Å². The molecule has 0 spiro atoms. The van der Waals surface area contributed by atoms with E-state index in [1.54, 1.807) is 4.90 Å². The maximum Gasteiger partial charge on any atom is 0.410 e. The Morgan fingerprint density at radius 1 is 1.35 bits per heavy atom. The van der Waals surface area contributed by atoms with Gasteiger partial charge in [-0.2, -0.15) is 0 Å². The van der Waals surface area contributed by atoms with E-state index >= 15 is 0 Å². The van der Waals surface area contributed by atoms with E-state index in [1.165, 1.54) is 0 Å². The van der Waals surface area contributed by atoms with Gasteiger partial charge >= 0.3 is 12.1 Å². The van der Waals surface area contributed by atoms with Crippen molar-refractivity contribution in [3.8, 4) is 0 Å². The van der Waals surface area contributed by atoms with Gasteiger partial charge in [-0.15, -0.1) is 0 Å². The van der Waals surface area contributed by atoms with Crippen LogP contribution in [0.1, 0.15) is 53.9 Å². The lowest BCUT2D eigenvalue weighted by Gasteiger charge is -2.41. The molecule has 0 radical (unpaired) electrons. The van der Waals surface area contributed by atoms with Crippen molar-refractivity contribution in [3.63, 3.8) is 0 Å². The summed E-state index contributed by atoms with van der Waals surface area (Å²) in [5.74, 6) is -0.524. The fourth-order valence-corrected chi connectivity index (χ4v) is 2.82. The van der Waals surface area contributed by atoms with E-state index in [0.29, 0.717) is 25.8 Å². The Hall–Kier alpha value is -1.26. The fraction of sp³-hybridized carbons (Fsp3) is 0.867. The number of carbonyl (C=O) groups excluding carboxylic acids is 1. The number of carbonyl (C=O) groups is 2. The topological polar surface area (TPSA) is 66.8 Å². The summed E-state index contributed by atoms with van der Waals surface area (Å²) in [6.45, 7) is 10.3. The Balaban J connectivity index is 2.82. The highest BCUT2D eigenvalue weighted by Gasteiger charge is 2.44. The first-order valence-electron chi connectivity index (χ1n) is 7.27. The zero-order chi connectivity index (χ0) is 15.6. The van der Waals surface area contributed by atoms with Crippen LogP contribution in [-0.2, 0) is 9.53 Å². The van der Waals surface area contributed by atoms with E-state index in [0.717, 1.165) is 0 Å². The van der Waals surface area contributed by atoms with Crippen molar-refractivity contribution in [1.29, 1.82) is 0 Å². The Labute approximate surface area is 121 Å². The lowest BCUT2D eigenvalue weighted by Crippen LogP contribution is -2.51. The van der Waals surface area contributed by atoms with E-state index in [1.807, 2.05) is 34.6 Å². The van der Waals surface area contributed by atoms with Crippen molar-refractivity contribution in [2.24, 2.45) is 11.3 Å². The molecular weight excluding hydrogens is 258 g/mol. The molecule has 0 aromatic rings. The summed E-state index contributed by atoms with van der Waals surface area (Å²) in [6.07, 6.45) is 1.51. The Bertz CT molecular complexity index is 373. The zero-order valence-electron chi connectivity index (χ0n) is 13.2. The molecule has 0 saturated carbocycles. The van der Waals surface area contributed by atoms with E-state index in [9.17, 15) is 14.7 Å². The normalized spacial score (nSPS) is 23.8. The number of carboxylic acids is 1. The quantitative estimate of drug-likeness (QED) is 0.865. The molecule has 1 fully saturated rings. The van der Waals surface area contributed by atoms with Crippen LogP contribution in [0.15, 0.2) is 0 Å². The Kier molecular flexibility index (Phi) is 5.05. The highest BCUT2D eigenvalue weighted by Crippen LogP contribution is 2.37. The van der Waals surface area contributed by atoms with Crippen LogP contribution in [-0.4, -0.2) is 40.8 Å². The van der Waals surface area contributed by atoms with Crippen molar-refractivity contribution in [3.05, 3.63) is 0 Å². The average Bonchev–Trinajstić information content (AvgIpc) is 2.25. The van der Waals surface area contributed by atoms with Gasteiger partial charge in [-0.25, -0.2) is 4.79 Å². The maximum absolute atomic E-state index is 12.1. The van der Waals surface area contributed by atoms with Gasteiger partial charge < -0.3 is 14.7 Å². The fourth-order valence-electron chi connectivity index (χ4n) is 2.82. The van der Waals surface area contributed by atoms with Crippen molar-refractivity contribution in [2.45, 2.75) is 59.5 Å². The number of likely N-dealkylation sites (tertiary alicyclic amines) is 1. The Morgan fingerprint density at radius 3 is 2.40 bits per heavy atom. The van der Waals surface area contributed by atoms with E-state index in [-0.39, 0.29) is 12.5 Å². The number of hydrogen-bond acceptors (Lipinski definition) is 3. The number of ether oxygens (including phenoxy) is 1. The summed E-state index contributed by atoms with van der Waals surface area (Å²) in [6, 6.07) is 0. The molecule has 5 nitrogen and oxygen atoms in total. The van der Waals surface area contributed by atoms with Gasteiger partial charge in [0, 0.05) is 13.1 Å². The second-order valence-electron chi connectivity index (χ2n) is 7.19. The highest BCUT2D eigenvalue weighted by molar-refractivity contribution is 5.77. The lowest BCUT2D eigenvalue weighted by atomic mass is 9.74. The average molecular weight is 285 g/mol. The largest absolute Gasteiger partial charge is 0.481 e. The summed E-state index contributed by atoms with van der Waals surface area (Å²) < 4.78 is 5.35. The third-order valence-corrected chi connectivity index (χ3v) is 3.48. The molecule has 20 heavy (non-hydrogen) atoms. The van der Waals surface area contributed by atoms with Crippen LogP contribution < -0.4 is 0 Å². The molecule has 1 saturated heterocycles. The highest BCUT2D eigenvalue weighted by atomic mass is 16.6. The molecule has 1 rings (SSSR count). The number of carboxylic acid groups (broad SMARTS) is 1. The van der Waals surface area contributed by atoms with Crippen LogP contribution in [0.25, 0.3) is 0 Å². The van der Waals surface area contributed by atoms with Gasteiger partial charge in [-0.1, -0.05) is 13.8 Å². The first-order chi connectivity index (χ1) is 9.06. The number of nitrogens with zero attached hydrogens (tertiary/aromatic N) is 1. The smallest absolute Gasteiger partial charge is 0.410 e. The van der Waals surface area contributed by atoms with E-state index < -0.39 is 23.1 Å². The number of hydrogen-bond donors (Lipinski definition) is 1. The molecule has 0 bridgehead atoms. The third-order valence-electron chi connectivity index (χ3n) is 3.48. The van der Waals surface area contributed by atoms with Gasteiger partial charge in [0.05, 0.1) is 5.41 Å². The third kappa shape index (κ3) is 4.39. The molecular formula is C15H27NO4. The number of rotatable bonds is 3. The van der Waals surface area contributed by atoms with Crippen molar-refractivity contribution >= 4 is 12.1 Å². The standard InChI is InChI=1S/C15H27NO4/c1-11(2)9-15(12(17)18)7-6-8-16(10-15)13(19)20-14(3,4)5/h11H,6-10H2,1-5H3,(H,17,18). The van der Waals surface area contributed by atoms with Crippen molar-refractivity contribution in [1.82, 2.24) is 4.90 Å². The number of aliphatic carboxylic acids is 1. The van der Waals surface area contributed by atoms with Crippen LogP contribution >= 0.6 is 0 Å². The molecule has 1 N–H and O–H groups in total. The minimum Gasteiger partial charge on any atom is -0.481 e. The van der Waals surface area contributed by atoms with Crippen LogP contribution in [0.2, 0.25) is 0 Å². The minimum atomic E-state index is -0.830. The predicted octanol–water partition coefficient (Wildman–Crippen LogP) is 3.13. The first-order valence-corrected chi connectivity index (χ1v) is 7.27. The summed E-state index contributed by atoms with van der Waals surface area (Å²) in [5.41, 5.74) is -1.39. The maximum atomic E-state index is 12.1. The summed E-state index contributed by atoms with van der Waals surface area (Å²) >= 11 is 0. The zero-order valence-corrected chi connectivity index (χ0v) is 13.2. The first kappa shape index (κ1) is 16.8. The van der Waals surface area contributed by atoms with Crippen LogP contribution in [0.3, 0.4) is 0 Å². The molecule has 0 aromatic carbocycles. The number of piperidine rings is 1. The van der Waals surface area contributed by atoms with Crippen molar-refractivity contribution < 1.29 is 19.4 Å². The SMILES string of the molecule is CC(C)CC1(C(=O)O)CCCN(C(=O)OC(C)(C)C)C1. The van der Waals surface area contributed by atoms with Gasteiger partial charge in [0.2, 0.25) is 0 Å². The van der Waals surface area contributed by atoms with Gasteiger partial charge in [0.15, 0.2) is 0 Å². The van der Waals surface area contributed by atoms with Crippen LogP contribution in [0.5, 0.6) is 0 Å². The molecule has 1 amide bonds. The molecule has 1 aliphatic heterocycles. The molecule has 5 heteroatoms. The summed E-state index contributed by atoms with van der Waals surface area (Å²) in [7, 11) is 0. The monoisotopic (exact) mass is 285 g/mol. The van der Waals surface area contributed by atoms with Crippen molar-refractivity contribution in [2.75, 3.05) is 13.1 Å². The summed E-state index contributed by atoms with van der Waals surface area (Å²) in [4.78, 5) is 25.4. The lowest BCUT2D eigenvalue weighted by molar-refractivity contribution is -0.153. The molecule has 1 aliphatic rings. The molecule has 1 unspecified atom stereocenters. The molecule has 1 heterocycles. The van der Waals surface area contributed by atoms with Gasteiger partial charge in [0.1, 0.15) is 5.60 Å². The van der Waals surface area contributed by atoms with Gasteiger partial charge in [-0.3, -0.25) is 4.79 Å². The van der Waals surface area contributed by atoms with E-state index in [2.05, 4.69) is 0 Å². The number of amides is 1. The molecule has 0 aromatic heterocycles. The molecule has 116 valence electrons. The minimum absolute atomic E-state index is 0.245. The second kappa shape index (κ2) is 6.02. The predicted molar refractivity (Wildman–Crippen MR) is 76.6 cm³/mol. The van der Waals surface area contributed by atoms with Gasteiger partial charge in [-0.05, 0) is 46.0 Å². The molecule has 0 aliphatic carbocycles. The van der Waals surface area contributed by atoms with Crippen LogP contribution in [0.4, 0.5) is 4.79 Å². The van der Waals surface area contributed by atoms with Gasteiger partial charge in [0.25, 0.3) is 0 Å². The van der Waals surface area contributed by atoms with E-state index in [4.69, 9.17) is 4.74 Å². The molecule has 1 atom stereocenters.